The van der Waals surface area contributed by atoms with Crippen LogP contribution in [0.15, 0.2) is 29.9 Å². The molecule has 6 nitrogen and oxygen atoms in total. The lowest BCUT2D eigenvalue weighted by molar-refractivity contribution is -0.115. The Hall–Kier alpha value is -2.19. The summed E-state index contributed by atoms with van der Waals surface area (Å²) >= 11 is 2.93. The molecule has 1 N–H and O–H groups in total. The fourth-order valence-corrected chi connectivity index (χ4v) is 3.85. The molecule has 0 unspecified atom stereocenters. The number of anilines is 1. The highest BCUT2D eigenvalue weighted by Gasteiger charge is 2.12. The number of nitrogens with zero attached hydrogens (tertiary/aromatic N) is 4. The lowest BCUT2D eigenvalue weighted by atomic mass is 10.1. The molecule has 3 aromatic heterocycles. The van der Waals surface area contributed by atoms with Gasteiger partial charge in [0.1, 0.15) is 10.0 Å². The average molecular weight is 359 g/mol. The molecule has 0 atom stereocenters. The van der Waals surface area contributed by atoms with E-state index in [0.717, 1.165) is 27.7 Å². The van der Waals surface area contributed by atoms with Crippen LogP contribution in [-0.4, -0.2) is 26.1 Å². The third-order valence-corrected chi connectivity index (χ3v) is 4.90. The summed E-state index contributed by atoms with van der Waals surface area (Å²) < 4.78 is 0. The Balaban J connectivity index is 1.59. The molecule has 24 heavy (non-hydrogen) atoms. The van der Waals surface area contributed by atoms with Gasteiger partial charge >= 0.3 is 0 Å². The summed E-state index contributed by atoms with van der Waals surface area (Å²) in [6.07, 6.45) is 4.57. The van der Waals surface area contributed by atoms with Gasteiger partial charge < -0.3 is 5.32 Å². The van der Waals surface area contributed by atoms with Crippen molar-refractivity contribution in [2.24, 2.45) is 5.92 Å². The molecule has 3 heterocycles. The lowest BCUT2D eigenvalue weighted by Crippen LogP contribution is -2.14. The second-order valence-electron chi connectivity index (χ2n) is 5.71. The summed E-state index contributed by atoms with van der Waals surface area (Å²) in [4.78, 5) is 20.7. The molecular formula is C16H17N5OS2. The van der Waals surface area contributed by atoms with E-state index in [1.165, 1.54) is 22.7 Å². The topological polar surface area (TPSA) is 80.7 Å². The van der Waals surface area contributed by atoms with E-state index in [0.29, 0.717) is 11.0 Å². The van der Waals surface area contributed by atoms with E-state index >= 15 is 0 Å². The highest BCUT2D eigenvalue weighted by molar-refractivity contribution is 7.15. The molecule has 0 saturated heterocycles. The fraction of sp³-hybridized carbons (Fsp3) is 0.312. The molecule has 0 aliphatic carbocycles. The molecule has 0 saturated carbocycles. The zero-order chi connectivity index (χ0) is 16.9. The number of hydrogen-bond acceptors (Lipinski definition) is 7. The summed E-state index contributed by atoms with van der Waals surface area (Å²) in [6, 6.07) is 3.82. The summed E-state index contributed by atoms with van der Waals surface area (Å²) in [5.41, 5.74) is 1.69. The molecule has 0 aromatic carbocycles. The van der Waals surface area contributed by atoms with Crippen LogP contribution in [0.3, 0.4) is 0 Å². The van der Waals surface area contributed by atoms with E-state index in [-0.39, 0.29) is 12.3 Å². The Kier molecular flexibility index (Phi) is 5.27. The van der Waals surface area contributed by atoms with Gasteiger partial charge in [0.25, 0.3) is 0 Å². The number of thiazole rings is 1. The SMILES string of the molecule is CC(C)Cc1nnc(NC(=O)Cc2csc(-c3cccnc3)n2)s1. The van der Waals surface area contributed by atoms with Crippen LogP contribution in [0.2, 0.25) is 0 Å². The van der Waals surface area contributed by atoms with Crippen LogP contribution in [0.1, 0.15) is 24.5 Å². The molecular weight excluding hydrogens is 342 g/mol. The molecule has 124 valence electrons. The smallest absolute Gasteiger partial charge is 0.232 e. The van der Waals surface area contributed by atoms with Gasteiger partial charge in [-0.15, -0.1) is 21.5 Å². The minimum Gasteiger partial charge on any atom is -0.300 e. The quantitative estimate of drug-likeness (QED) is 0.729. The number of pyridine rings is 1. The maximum absolute atomic E-state index is 12.1. The molecule has 3 rings (SSSR count). The number of nitrogens with one attached hydrogen (secondary N) is 1. The van der Waals surface area contributed by atoms with Crippen molar-refractivity contribution in [2.75, 3.05) is 5.32 Å². The van der Waals surface area contributed by atoms with E-state index in [2.05, 4.69) is 39.3 Å². The van der Waals surface area contributed by atoms with Crippen molar-refractivity contribution in [1.82, 2.24) is 20.2 Å². The number of hydrogen-bond donors (Lipinski definition) is 1. The Morgan fingerprint density at radius 1 is 1.33 bits per heavy atom. The van der Waals surface area contributed by atoms with Gasteiger partial charge in [-0.05, 0) is 18.1 Å². The molecule has 0 bridgehead atoms. The van der Waals surface area contributed by atoms with Crippen LogP contribution in [0.5, 0.6) is 0 Å². The van der Waals surface area contributed by atoms with Crippen LogP contribution >= 0.6 is 22.7 Å². The maximum Gasteiger partial charge on any atom is 0.232 e. The van der Waals surface area contributed by atoms with Crippen molar-refractivity contribution in [3.63, 3.8) is 0 Å². The molecule has 0 spiro atoms. The zero-order valence-corrected chi connectivity index (χ0v) is 15.0. The van der Waals surface area contributed by atoms with Crippen molar-refractivity contribution < 1.29 is 4.79 Å². The predicted molar refractivity (Wildman–Crippen MR) is 96.1 cm³/mol. The van der Waals surface area contributed by atoms with Gasteiger partial charge in [0.15, 0.2) is 0 Å². The zero-order valence-electron chi connectivity index (χ0n) is 13.4. The maximum atomic E-state index is 12.1. The highest BCUT2D eigenvalue weighted by Crippen LogP contribution is 2.23. The first-order valence-electron chi connectivity index (χ1n) is 7.57. The van der Waals surface area contributed by atoms with Crippen molar-refractivity contribution in [2.45, 2.75) is 26.7 Å². The van der Waals surface area contributed by atoms with Gasteiger partial charge in [0, 0.05) is 29.8 Å². The van der Waals surface area contributed by atoms with Gasteiger partial charge in [-0.25, -0.2) is 4.98 Å². The first-order chi connectivity index (χ1) is 11.6. The number of aromatic nitrogens is 4. The second kappa shape index (κ2) is 7.59. The van der Waals surface area contributed by atoms with E-state index in [1.807, 2.05) is 17.5 Å². The summed E-state index contributed by atoms with van der Waals surface area (Å²) in [5, 5.41) is 15.1. The average Bonchev–Trinajstić information content (AvgIpc) is 3.17. The standard InChI is InChI=1S/C16H17N5OS2/c1-10(2)6-14-20-21-16(24-14)19-13(22)7-12-9-23-15(18-12)11-4-3-5-17-8-11/h3-5,8-10H,6-7H2,1-2H3,(H,19,21,22). The van der Waals surface area contributed by atoms with Crippen LogP contribution in [0, 0.1) is 5.92 Å². The Morgan fingerprint density at radius 2 is 2.21 bits per heavy atom. The number of rotatable bonds is 6. The third kappa shape index (κ3) is 4.42. The lowest BCUT2D eigenvalue weighted by Gasteiger charge is -1.99. The number of amides is 1. The Labute approximate surface area is 148 Å². The number of carbonyl (C=O) groups excluding carboxylic acids is 1. The minimum absolute atomic E-state index is 0.134. The summed E-state index contributed by atoms with van der Waals surface area (Å²) in [7, 11) is 0. The Morgan fingerprint density at radius 3 is 2.96 bits per heavy atom. The molecule has 3 aromatic rings. The Bertz CT molecular complexity index is 813. The molecule has 8 heteroatoms. The first kappa shape index (κ1) is 16.7. The van der Waals surface area contributed by atoms with E-state index in [9.17, 15) is 4.79 Å². The van der Waals surface area contributed by atoms with Gasteiger partial charge in [-0.2, -0.15) is 0 Å². The van der Waals surface area contributed by atoms with Crippen LogP contribution in [0.4, 0.5) is 5.13 Å². The second-order valence-corrected chi connectivity index (χ2v) is 7.63. The van der Waals surface area contributed by atoms with Crippen LogP contribution in [-0.2, 0) is 17.6 Å². The van der Waals surface area contributed by atoms with Crippen LogP contribution < -0.4 is 5.32 Å². The third-order valence-electron chi connectivity index (χ3n) is 3.10. The van der Waals surface area contributed by atoms with Crippen molar-refractivity contribution >= 4 is 33.7 Å². The number of carbonyl (C=O) groups is 1. The first-order valence-corrected chi connectivity index (χ1v) is 9.27. The fourth-order valence-electron chi connectivity index (χ4n) is 2.07. The summed E-state index contributed by atoms with van der Waals surface area (Å²) in [6.45, 7) is 4.25. The predicted octanol–water partition coefficient (Wildman–Crippen LogP) is 3.44. The molecule has 0 fully saturated rings. The molecule has 0 aliphatic heterocycles. The summed E-state index contributed by atoms with van der Waals surface area (Å²) in [5.74, 6) is 0.382. The highest BCUT2D eigenvalue weighted by atomic mass is 32.1. The molecule has 0 aliphatic rings. The normalized spacial score (nSPS) is 11.0. The van der Waals surface area contributed by atoms with E-state index < -0.39 is 0 Å². The van der Waals surface area contributed by atoms with Crippen molar-refractivity contribution in [3.8, 4) is 10.6 Å². The van der Waals surface area contributed by atoms with Gasteiger partial charge in [-0.3, -0.25) is 9.78 Å². The van der Waals surface area contributed by atoms with E-state index in [1.54, 1.807) is 12.4 Å². The van der Waals surface area contributed by atoms with Gasteiger partial charge in [0.05, 0.1) is 12.1 Å². The largest absolute Gasteiger partial charge is 0.300 e. The monoisotopic (exact) mass is 359 g/mol. The van der Waals surface area contributed by atoms with Crippen LogP contribution in [0.25, 0.3) is 10.6 Å². The molecule has 0 radical (unpaired) electrons. The molecule has 1 amide bonds. The van der Waals surface area contributed by atoms with Crippen molar-refractivity contribution in [1.29, 1.82) is 0 Å². The van der Waals surface area contributed by atoms with Gasteiger partial charge in [0.2, 0.25) is 11.0 Å². The van der Waals surface area contributed by atoms with Crippen molar-refractivity contribution in [3.05, 3.63) is 40.6 Å². The minimum atomic E-state index is -0.134. The van der Waals surface area contributed by atoms with E-state index in [4.69, 9.17) is 0 Å². The van der Waals surface area contributed by atoms with Gasteiger partial charge in [-0.1, -0.05) is 25.2 Å².